The zero-order valence-electron chi connectivity index (χ0n) is 23.7. The predicted octanol–water partition coefficient (Wildman–Crippen LogP) is 7.32. The first-order valence-electron chi connectivity index (χ1n) is 13.4. The zero-order chi connectivity index (χ0) is 27.9. The Morgan fingerprint density at radius 1 is 1.13 bits per heavy atom. The Bertz CT molecular complexity index is 1120. The van der Waals surface area contributed by atoms with Gasteiger partial charge in [0.15, 0.2) is 5.13 Å². The first-order valence-corrected chi connectivity index (χ1v) is 14.3. The quantitative estimate of drug-likeness (QED) is 0.325. The molecule has 0 bridgehead atoms. The summed E-state index contributed by atoms with van der Waals surface area (Å²) in [7, 11) is 1.79. The summed E-state index contributed by atoms with van der Waals surface area (Å²) < 4.78 is 5.77. The van der Waals surface area contributed by atoms with Gasteiger partial charge in [-0.15, -0.1) is 11.3 Å². The molecule has 1 fully saturated rings. The van der Waals surface area contributed by atoms with Crippen LogP contribution in [0.15, 0.2) is 54.1 Å². The van der Waals surface area contributed by atoms with Gasteiger partial charge < -0.3 is 14.7 Å². The van der Waals surface area contributed by atoms with Crippen molar-refractivity contribution in [1.29, 1.82) is 0 Å². The number of piperazine rings is 1. The molecule has 206 valence electrons. The molecule has 1 aliphatic heterocycles. The van der Waals surface area contributed by atoms with Gasteiger partial charge in [0.1, 0.15) is 5.75 Å². The van der Waals surface area contributed by atoms with Gasteiger partial charge in [0.05, 0.1) is 12.7 Å². The van der Waals surface area contributed by atoms with E-state index in [1.165, 1.54) is 28.7 Å². The van der Waals surface area contributed by atoms with Crippen LogP contribution in [0.3, 0.4) is 0 Å². The third-order valence-corrected chi connectivity index (χ3v) is 7.22. The van der Waals surface area contributed by atoms with E-state index in [0.717, 1.165) is 50.0 Å². The lowest BCUT2D eigenvalue weighted by Crippen LogP contribution is -2.46. The minimum Gasteiger partial charge on any atom is -0.496 e. The molecule has 38 heavy (non-hydrogen) atoms. The molecule has 7 heteroatoms. The first kappa shape index (κ1) is 31.1. The third kappa shape index (κ3) is 8.99. The summed E-state index contributed by atoms with van der Waals surface area (Å²) in [5.41, 5.74) is 5.63. The number of thiazole rings is 1. The lowest BCUT2D eigenvalue weighted by atomic mass is 9.95. The minimum atomic E-state index is -0.879. The Morgan fingerprint density at radius 3 is 2.34 bits per heavy atom. The molecule has 6 nitrogen and oxygen atoms in total. The Hall–Kier alpha value is -3.16. The van der Waals surface area contributed by atoms with Crippen LogP contribution in [0.2, 0.25) is 0 Å². The van der Waals surface area contributed by atoms with Crippen LogP contribution in [0.25, 0.3) is 6.08 Å². The molecule has 0 saturated carbocycles. The summed E-state index contributed by atoms with van der Waals surface area (Å²) in [5.74, 6) is 0.132. The average molecular weight is 538 g/mol. The molecule has 0 aliphatic carbocycles. The largest absolute Gasteiger partial charge is 0.496 e. The molecule has 1 N–H and O–H groups in total. The number of benzene rings is 2. The van der Waals surface area contributed by atoms with Gasteiger partial charge in [-0.3, -0.25) is 4.90 Å². The highest BCUT2D eigenvalue weighted by Gasteiger charge is 2.21. The fourth-order valence-electron chi connectivity index (χ4n) is 4.18. The summed E-state index contributed by atoms with van der Waals surface area (Å²) >= 11 is 1.73. The molecule has 0 radical (unpaired) electrons. The van der Waals surface area contributed by atoms with Crippen LogP contribution in [-0.4, -0.2) is 54.2 Å². The standard InChI is InChI=1S/C22H31N3OS.C7H6O2.C2H6/c1-5-6-7-8-19-18(3)17(2)15-21(26-4)20(19)16-24-10-12-25(13-11-24)22-23-9-14-27-22;8-7(9)6-4-2-1-3-5-6;1-2/h7-9,14-15H,5-6,10-13,16H2,1-4H3;1-5H,(H,8,9);1-2H3/b8-7-;;. The van der Waals surface area contributed by atoms with E-state index in [4.69, 9.17) is 9.84 Å². The van der Waals surface area contributed by atoms with Crippen molar-refractivity contribution in [2.75, 3.05) is 38.2 Å². The molecular formula is C31H43N3O3S. The van der Waals surface area contributed by atoms with Crippen molar-refractivity contribution in [3.63, 3.8) is 0 Å². The number of hydrogen-bond acceptors (Lipinski definition) is 6. The SMILES string of the molecule is CC.CCC/C=C\c1c(C)c(C)cc(OC)c1CN1CCN(c2nccs2)CC1.O=C(O)c1ccccc1. The summed E-state index contributed by atoms with van der Waals surface area (Å²) in [4.78, 5) is 19.6. The maximum absolute atomic E-state index is 10.2. The molecule has 0 spiro atoms. The average Bonchev–Trinajstić information content (AvgIpc) is 3.50. The number of aromatic carboxylic acids is 1. The van der Waals surface area contributed by atoms with Gasteiger partial charge in [0.2, 0.25) is 0 Å². The molecular weight excluding hydrogens is 494 g/mol. The number of allylic oxidation sites excluding steroid dienone is 1. The number of carbonyl (C=O) groups is 1. The zero-order valence-corrected chi connectivity index (χ0v) is 24.6. The van der Waals surface area contributed by atoms with Crippen molar-refractivity contribution < 1.29 is 14.6 Å². The van der Waals surface area contributed by atoms with E-state index in [9.17, 15) is 4.79 Å². The van der Waals surface area contributed by atoms with Crippen molar-refractivity contribution in [3.8, 4) is 5.75 Å². The summed E-state index contributed by atoms with van der Waals surface area (Å²) in [5, 5.41) is 11.6. The second-order valence-electron chi connectivity index (χ2n) is 8.85. The number of aryl methyl sites for hydroxylation is 1. The van der Waals surface area contributed by atoms with Gasteiger partial charge in [-0.1, -0.05) is 57.5 Å². The van der Waals surface area contributed by atoms with Crippen molar-refractivity contribution >= 4 is 28.5 Å². The van der Waals surface area contributed by atoms with Gasteiger partial charge in [-0.2, -0.15) is 0 Å². The number of carboxylic acid groups (broad SMARTS) is 1. The number of unbranched alkanes of at least 4 members (excludes halogenated alkanes) is 1. The lowest BCUT2D eigenvalue weighted by Gasteiger charge is -2.35. The van der Waals surface area contributed by atoms with Crippen molar-refractivity contribution in [3.05, 3.63) is 81.9 Å². The highest BCUT2D eigenvalue weighted by atomic mass is 32.1. The van der Waals surface area contributed by atoms with Crippen LogP contribution in [0.1, 0.15) is 66.2 Å². The van der Waals surface area contributed by atoms with Crippen LogP contribution < -0.4 is 9.64 Å². The molecule has 3 aromatic rings. The first-order chi connectivity index (χ1) is 18.4. The van der Waals surface area contributed by atoms with E-state index in [0.29, 0.717) is 5.56 Å². The number of aromatic nitrogens is 1. The number of ether oxygens (including phenoxy) is 1. The van der Waals surface area contributed by atoms with Gasteiger partial charge in [-0.05, 0) is 55.2 Å². The third-order valence-electron chi connectivity index (χ3n) is 6.39. The Kier molecular flexibility index (Phi) is 13.6. The van der Waals surface area contributed by atoms with E-state index in [-0.39, 0.29) is 0 Å². The molecule has 2 heterocycles. The fourth-order valence-corrected chi connectivity index (χ4v) is 4.87. The fraction of sp³-hybridized carbons (Fsp3) is 0.419. The van der Waals surface area contributed by atoms with Crippen LogP contribution in [0, 0.1) is 13.8 Å². The van der Waals surface area contributed by atoms with E-state index < -0.39 is 5.97 Å². The number of carboxylic acids is 1. The summed E-state index contributed by atoms with van der Waals surface area (Å²) in [6, 6.07) is 10.5. The van der Waals surface area contributed by atoms with E-state index in [1.54, 1.807) is 48.8 Å². The van der Waals surface area contributed by atoms with Crippen molar-refractivity contribution in [1.82, 2.24) is 9.88 Å². The second-order valence-corrected chi connectivity index (χ2v) is 9.73. The molecule has 0 unspecified atom stereocenters. The molecule has 0 amide bonds. The Balaban J connectivity index is 0.000000387. The number of rotatable bonds is 8. The molecule has 1 aromatic heterocycles. The van der Waals surface area contributed by atoms with Crippen molar-refractivity contribution in [2.45, 2.75) is 54.0 Å². The second kappa shape index (κ2) is 16.6. The summed E-state index contributed by atoms with van der Waals surface area (Å²) in [6.07, 6.45) is 8.77. The van der Waals surface area contributed by atoms with E-state index in [2.05, 4.69) is 59.2 Å². The number of methoxy groups -OCH3 is 1. The van der Waals surface area contributed by atoms with E-state index in [1.807, 2.05) is 20.0 Å². The van der Waals surface area contributed by atoms with Gasteiger partial charge in [0.25, 0.3) is 0 Å². The molecule has 4 rings (SSSR count). The molecule has 1 saturated heterocycles. The van der Waals surface area contributed by atoms with Crippen LogP contribution in [0.5, 0.6) is 5.75 Å². The maximum atomic E-state index is 10.2. The van der Waals surface area contributed by atoms with Crippen LogP contribution in [0.4, 0.5) is 5.13 Å². The van der Waals surface area contributed by atoms with Gasteiger partial charge in [0, 0.05) is 49.9 Å². The molecule has 1 aliphatic rings. The normalized spacial score (nSPS) is 13.4. The molecule has 0 atom stereocenters. The highest BCUT2D eigenvalue weighted by molar-refractivity contribution is 7.13. The number of nitrogens with zero attached hydrogens (tertiary/aromatic N) is 3. The Morgan fingerprint density at radius 2 is 1.82 bits per heavy atom. The number of anilines is 1. The summed E-state index contributed by atoms with van der Waals surface area (Å²) in [6.45, 7) is 15.7. The van der Waals surface area contributed by atoms with Gasteiger partial charge >= 0.3 is 5.97 Å². The lowest BCUT2D eigenvalue weighted by molar-refractivity contribution is 0.0697. The smallest absolute Gasteiger partial charge is 0.335 e. The van der Waals surface area contributed by atoms with Crippen LogP contribution in [-0.2, 0) is 6.54 Å². The number of hydrogen-bond donors (Lipinski definition) is 1. The van der Waals surface area contributed by atoms with E-state index >= 15 is 0 Å². The highest BCUT2D eigenvalue weighted by Crippen LogP contribution is 2.31. The monoisotopic (exact) mass is 537 g/mol. The minimum absolute atomic E-state index is 0.331. The Labute approximate surface area is 232 Å². The van der Waals surface area contributed by atoms with Crippen molar-refractivity contribution in [2.24, 2.45) is 0 Å². The maximum Gasteiger partial charge on any atom is 0.335 e. The van der Waals surface area contributed by atoms with Crippen LogP contribution >= 0.6 is 11.3 Å². The topological polar surface area (TPSA) is 65.9 Å². The molecule has 2 aromatic carbocycles. The van der Waals surface area contributed by atoms with Gasteiger partial charge in [-0.25, -0.2) is 9.78 Å². The predicted molar refractivity (Wildman–Crippen MR) is 161 cm³/mol.